The first-order valence-electron chi connectivity index (χ1n) is 4.44. The molecule has 0 amide bonds. The van der Waals surface area contributed by atoms with Crippen LogP contribution in [0.2, 0.25) is 5.02 Å². The Hall–Kier alpha value is -1.61. The van der Waals surface area contributed by atoms with Crippen molar-refractivity contribution in [2.24, 2.45) is 7.05 Å². The highest BCUT2D eigenvalue weighted by Crippen LogP contribution is 2.24. The molecule has 0 aliphatic carbocycles. The van der Waals surface area contributed by atoms with Crippen LogP contribution in [0, 0.1) is 0 Å². The summed E-state index contributed by atoms with van der Waals surface area (Å²) in [5.74, 6) is 0. The number of imidazole rings is 1. The summed E-state index contributed by atoms with van der Waals surface area (Å²) in [6, 6.07) is 5.13. The third kappa shape index (κ3) is 1.92. The largest absolute Gasteiger partial charge is 0.340 e. The Bertz CT molecular complexity index is 505. The van der Waals surface area contributed by atoms with E-state index >= 15 is 0 Å². The topological polar surface area (TPSA) is 34.9 Å². The molecule has 0 bridgehead atoms. The summed E-state index contributed by atoms with van der Waals surface area (Å²) < 4.78 is 1.82. The lowest BCUT2D eigenvalue weighted by molar-refractivity contribution is 0.112. The van der Waals surface area contributed by atoms with Crippen molar-refractivity contribution >= 4 is 17.9 Å². The standard InChI is InChI=1S/C11H9ClN2O/c1-14-5-11(13-7-14)10-4-9(12)3-2-8(10)6-15/h2-7H,1H3. The number of rotatable bonds is 2. The molecular formula is C11H9ClN2O. The molecule has 0 aliphatic heterocycles. The molecule has 4 heteroatoms. The summed E-state index contributed by atoms with van der Waals surface area (Å²) in [5, 5.41) is 0.598. The number of carbonyl (C=O) groups is 1. The van der Waals surface area contributed by atoms with E-state index in [1.54, 1.807) is 24.5 Å². The van der Waals surface area contributed by atoms with E-state index in [1.165, 1.54) is 0 Å². The third-order valence-electron chi connectivity index (χ3n) is 2.12. The quantitative estimate of drug-likeness (QED) is 0.729. The van der Waals surface area contributed by atoms with E-state index in [0.717, 1.165) is 17.5 Å². The van der Waals surface area contributed by atoms with Crippen molar-refractivity contribution in [1.29, 1.82) is 0 Å². The molecule has 1 heterocycles. The van der Waals surface area contributed by atoms with Gasteiger partial charge in [0.15, 0.2) is 6.29 Å². The smallest absolute Gasteiger partial charge is 0.150 e. The van der Waals surface area contributed by atoms with Crippen molar-refractivity contribution in [1.82, 2.24) is 9.55 Å². The number of carbonyl (C=O) groups excluding carboxylic acids is 1. The van der Waals surface area contributed by atoms with Gasteiger partial charge in [-0.1, -0.05) is 11.6 Å². The SMILES string of the molecule is Cn1cnc(-c2cc(Cl)ccc2C=O)c1. The molecule has 76 valence electrons. The molecule has 0 atom stereocenters. The van der Waals surface area contributed by atoms with Gasteiger partial charge in [-0.25, -0.2) is 4.98 Å². The normalized spacial score (nSPS) is 10.3. The lowest BCUT2D eigenvalue weighted by Gasteiger charge is -2.01. The first-order valence-corrected chi connectivity index (χ1v) is 4.81. The Kier molecular flexibility index (Phi) is 2.56. The van der Waals surface area contributed by atoms with Crippen LogP contribution in [0.25, 0.3) is 11.3 Å². The zero-order valence-electron chi connectivity index (χ0n) is 8.14. The number of hydrogen-bond donors (Lipinski definition) is 0. The highest BCUT2D eigenvalue weighted by atomic mass is 35.5. The number of aryl methyl sites for hydroxylation is 1. The molecule has 2 aromatic rings. The fourth-order valence-corrected chi connectivity index (χ4v) is 1.58. The second-order valence-corrected chi connectivity index (χ2v) is 3.71. The molecule has 2 rings (SSSR count). The molecular weight excluding hydrogens is 212 g/mol. The van der Waals surface area contributed by atoms with E-state index in [2.05, 4.69) is 4.98 Å². The monoisotopic (exact) mass is 220 g/mol. The number of aldehydes is 1. The Balaban J connectivity index is 2.59. The van der Waals surface area contributed by atoms with Gasteiger partial charge in [-0.3, -0.25) is 4.79 Å². The summed E-state index contributed by atoms with van der Waals surface area (Å²) in [4.78, 5) is 15.0. The van der Waals surface area contributed by atoms with Crippen LogP contribution < -0.4 is 0 Å². The maximum absolute atomic E-state index is 10.8. The van der Waals surface area contributed by atoms with Crippen molar-refractivity contribution in [2.45, 2.75) is 0 Å². The zero-order chi connectivity index (χ0) is 10.8. The average Bonchev–Trinajstić information content (AvgIpc) is 2.65. The van der Waals surface area contributed by atoms with Gasteiger partial charge in [0.05, 0.1) is 12.0 Å². The van der Waals surface area contributed by atoms with Gasteiger partial charge in [0.25, 0.3) is 0 Å². The molecule has 0 spiro atoms. The maximum atomic E-state index is 10.8. The lowest BCUT2D eigenvalue weighted by Crippen LogP contribution is -1.87. The third-order valence-corrected chi connectivity index (χ3v) is 2.36. The maximum Gasteiger partial charge on any atom is 0.150 e. The van der Waals surface area contributed by atoms with Crippen LogP contribution in [-0.2, 0) is 7.05 Å². The van der Waals surface area contributed by atoms with Crippen LogP contribution in [0.4, 0.5) is 0 Å². The van der Waals surface area contributed by atoms with Gasteiger partial charge in [-0.2, -0.15) is 0 Å². The minimum Gasteiger partial charge on any atom is -0.340 e. The molecule has 1 aromatic carbocycles. The predicted octanol–water partition coefficient (Wildman–Crippen LogP) is 2.55. The molecule has 0 saturated carbocycles. The van der Waals surface area contributed by atoms with Crippen molar-refractivity contribution in [3.63, 3.8) is 0 Å². The van der Waals surface area contributed by atoms with Crippen molar-refractivity contribution in [3.05, 3.63) is 41.3 Å². The Morgan fingerprint density at radius 2 is 2.27 bits per heavy atom. The van der Waals surface area contributed by atoms with Gasteiger partial charge >= 0.3 is 0 Å². The molecule has 1 aromatic heterocycles. The van der Waals surface area contributed by atoms with E-state index in [4.69, 9.17) is 11.6 Å². The molecule has 3 nitrogen and oxygen atoms in total. The number of nitrogens with zero attached hydrogens (tertiary/aromatic N) is 2. The second-order valence-electron chi connectivity index (χ2n) is 3.27. The summed E-state index contributed by atoms with van der Waals surface area (Å²) in [5.41, 5.74) is 2.11. The van der Waals surface area contributed by atoms with Gasteiger partial charge in [-0.15, -0.1) is 0 Å². The van der Waals surface area contributed by atoms with Crippen LogP contribution in [-0.4, -0.2) is 15.8 Å². The van der Waals surface area contributed by atoms with Gasteiger partial charge in [0.2, 0.25) is 0 Å². The minimum atomic E-state index is 0.595. The Labute approximate surface area is 92.3 Å². The van der Waals surface area contributed by atoms with E-state index in [1.807, 2.05) is 17.8 Å². The van der Waals surface area contributed by atoms with E-state index in [9.17, 15) is 4.79 Å². The van der Waals surface area contributed by atoms with Gasteiger partial charge in [0.1, 0.15) is 0 Å². The number of halogens is 1. The number of hydrogen-bond acceptors (Lipinski definition) is 2. The van der Waals surface area contributed by atoms with E-state index in [0.29, 0.717) is 10.6 Å². The molecule has 0 saturated heterocycles. The molecule has 15 heavy (non-hydrogen) atoms. The first kappa shape index (κ1) is 9.93. The van der Waals surface area contributed by atoms with E-state index in [-0.39, 0.29) is 0 Å². The summed E-state index contributed by atoms with van der Waals surface area (Å²) in [7, 11) is 1.88. The molecule has 0 radical (unpaired) electrons. The molecule has 0 fully saturated rings. The van der Waals surface area contributed by atoms with Crippen LogP contribution in [0.5, 0.6) is 0 Å². The second kappa shape index (κ2) is 3.87. The zero-order valence-corrected chi connectivity index (χ0v) is 8.90. The number of aromatic nitrogens is 2. The van der Waals surface area contributed by atoms with Crippen LogP contribution in [0.15, 0.2) is 30.7 Å². The predicted molar refractivity (Wildman–Crippen MR) is 59.0 cm³/mol. The fourth-order valence-electron chi connectivity index (χ4n) is 1.41. The molecule has 0 aliphatic rings. The van der Waals surface area contributed by atoms with Gasteiger partial charge < -0.3 is 4.57 Å². The average molecular weight is 221 g/mol. The van der Waals surface area contributed by atoms with Gasteiger partial charge in [0, 0.05) is 29.4 Å². The van der Waals surface area contributed by atoms with Crippen LogP contribution >= 0.6 is 11.6 Å². The Morgan fingerprint density at radius 1 is 1.47 bits per heavy atom. The lowest BCUT2D eigenvalue weighted by atomic mass is 10.1. The van der Waals surface area contributed by atoms with Crippen molar-refractivity contribution in [2.75, 3.05) is 0 Å². The van der Waals surface area contributed by atoms with Crippen molar-refractivity contribution < 1.29 is 4.79 Å². The molecule has 0 unspecified atom stereocenters. The molecule has 0 N–H and O–H groups in total. The van der Waals surface area contributed by atoms with Crippen molar-refractivity contribution in [3.8, 4) is 11.3 Å². The van der Waals surface area contributed by atoms with Gasteiger partial charge in [-0.05, 0) is 18.2 Å². The van der Waals surface area contributed by atoms with Crippen LogP contribution in [0.1, 0.15) is 10.4 Å². The minimum absolute atomic E-state index is 0.595. The highest BCUT2D eigenvalue weighted by Gasteiger charge is 2.07. The highest BCUT2D eigenvalue weighted by molar-refractivity contribution is 6.31. The van der Waals surface area contributed by atoms with E-state index < -0.39 is 0 Å². The number of benzene rings is 1. The Morgan fingerprint density at radius 3 is 2.87 bits per heavy atom. The fraction of sp³-hybridized carbons (Fsp3) is 0.0909. The summed E-state index contributed by atoms with van der Waals surface area (Å²) in [6.07, 6.45) is 4.34. The first-order chi connectivity index (χ1) is 7.20. The summed E-state index contributed by atoms with van der Waals surface area (Å²) in [6.45, 7) is 0. The summed E-state index contributed by atoms with van der Waals surface area (Å²) >= 11 is 5.88. The van der Waals surface area contributed by atoms with Crippen LogP contribution in [0.3, 0.4) is 0 Å².